The van der Waals surface area contributed by atoms with Crippen molar-refractivity contribution >= 4 is 22.5 Å². The van der Waals surface area contributed by atoms with Gasteiger partial charge in [0.1, 0.15) is 11.5 Å². The molecular weight excluding hydrogens is 280 g/mol. The molecule has 0 saturated heterocycles. The van der Waals surface area contributed by atoms with E-state index in [0.29, 0.717) is 29.5 Å². The Bertz CT molecular complexity index is 824. The van der Waals surface area contributed by atoms with E-state index in [1.165, 1.54) is 0 Å². The summed E-state index contributed by atoms with van der Waals surface area (Å²) in [6.07, 6.45) is 0. The van der Waals surface area contributed by atoms with Crippen molar-refractivity contribution in [3.8, 4) is 5.75 Å². The van der Waals surface area contributed by atoms with Gasteiger partial charge in [-0.25, -0.2) is 0 Å². The van der Waals surface area contributed by atoms with E-state index in [4.69, 9.17) is 9.26 Å². The van der Waals surface area contributed by atoms with Gasteiger partial charge >= 0.3 is 0 Å². The molecule has 5 heteroatoms. The molecule has 22 heavy (non-hydrogen) atoms. The van der Waals surface area contributed by atoms with Crippen LogP contribution in [0.4, 0.5) is 5.82 Å². The molecule has 1 amide bonds. The Morgan fingerprint density at radius 1 is 1.27 bits per heavy atom. The molecule has 1 aromatic heterocycles. The molecule has 1 heterocycles. The van der Waals surface area contributed by atoms with Crippen molar-refractivity contribution in [2.45, 2.75) is 13.8 Å². The molecule has 0 aliphatic heterocycles. The number of fused-ring (bicyclic) bond motifs is 1. The molecular formula is C17H16N2O3. The third-order valence-corrected chi connectivity index (χ3v) is 3.29. The molecule has 0 radical (unpaired) electrons. The monoisotopic (exact) mass is 296 g/mol. The molecule has 0 fully saturated rings. The van der Waals surface area contributed by atoms with Gasteiger partial charge in [-0.2, -0.15) is 0 Å². The van der Waals surface area contributed by atoms with Crippen LogP contribution in [0.2, 0.25) is 0 Å². The number of carbonyl (C=O) groups excluding carboxylic acids is 1. The lowest BCUT2D eigenvalue weighted by atomic mass is 10.0. The van der Waals surface area contributed by atoms with Crippen molar-refractivity contribution in [2.75, 3.05) is 11.9 Å². The Hall–Kier alpha value is -2.82. The summed E-state index contributed by atoms with van der Waals surface area (Å²) in [6, 6.07) is 13.1. The molecule has 0 bridgehead atoms. The van der Waals surface area contributed by atoms with Gasteiger partial charge in [-0.3, -0.25) is 4.79 Å². The van der Waals surface area contributed by atoms with Crippen LogP contribution in [0.3, 0.4) is 0 Å². The molecule has 0 spiro atoms. The number of carbonyl (C=O) groups is 1. The van der Waals surface area contributed by atoms with Gasteiger partial charge in [-0.05, 0) is 30.7 Å². The number of nitrogens with zero attached hydrogens (tertiary/aromatic N) is 1. The number of amides is 1. The fourth-order valence-corrected chi connectivity index (χ4v) is 2.37. The number of anilines is 1. The van der Waals surface area contributed by atoms with Crippen molar-refractivity contribution in [2.24, 2.45) is 0 Å². The lowest BCUT2D eigenvalue weighted by Crippen LogP contribution is -2.14. The summed E-state index contributed by atoms with van der Waals surface area (Å²) in [6.45, 7) is 4.14. The lowest BCUT2D eigenvalue weighted by Gasteiger charge is -2.12. The molecule has 2 aromatic carbocycles. The highest BCUT2D eigenvalue weighted by Crippen LogP contribution is 2.29. The first-order chi connectivity index (χ1) is 10.7. The standard InChI is InChI=1S/C17H16N2O3/c1-3-21-14-9-8-12-6-4-5-7-13(12)16(14)17(20)18-15-10-11(2)22-19-15/h4-10H,3H2,1-2H3,(H,18,19,20). The summed E-state index contributed by atoms with van der Waals surface area (Å²) in [5.74, 6) is 1.31. The highest BCUT2D eigenvalue weighted by atomic mass is 16.5. The van der Waals surface area contributed by atoms with Gasteiger partial charge in [-0.15, -0.1) is 0 Å². The Labute approximate surface area is 127 Å². The normalized spacial score (nSPS) is 10.6. The Balaban J connectivity index is 2.06. The van der Waals surface area contributed by atoms with Gasteiger partial charge < -0.3 is 14.6 Å². The molecule has 0 unspecified atom stereocenters. The van der Waals surface area contributed by atoms with Gasteiger partial charge in [0.05, 0.1) is 12.2 Å². The highest BCUT2D eigenvalue weighted by molar-refractivity contribution is 6.14. The predicted molar refractivity (Wildman–Crippen MR) is 84.3 cm³/mol. The van der Waals surface area contributed by atoms with Crippen molar-refractivity contribution < 1.29 is 14.1 Å². The fraction of sp³-hybridized carbons (Fsp3) is 0.176. The summed E-state index contributed by atoms with van der Waals surface area (Å²) in [7, 11) is 0. The Morgan fingerprint density at radius 3 is 2.82 bits per heavy atom. The van der Waals surface area contributed by atoms with Crippen molar-refractivity contribution in [1.29, 1.82) is 0 Å². The lowest BCUT2D eigenvalue weighted by molar-refractivity contribution is 0.102. The molecule has 0 aliphatic carbocycles. The first kappa shape index (κ1) is 14.1. The van der Waals surface area contributed by atoms with Crippen LogP contribution in [0, 0.1) is 6.92 Å². The second-order valence-corrected chi connectivity index (χ2v) is 4.87. The van der Waals surface area contributed by atoms with Crippen LogP contribution in [0.25, 0.3) is 10.8 Å². The van der Waals surface area contributed by atoms with E-state index in [9.17, 15) is 4.79 Å². The topological polar surface area (TPSA) is 64.4 Å². The van der Waals surface area contributed by atoms with E-state index in [1.54, 1.807) is 13.0 Å². The number of aromatic nitrogens is 1. The second-order valence-electron chi connectivity index (χ2n) is 4.87. The highest BCUT2D eigenvalue weighted by Gasteiger charge is 2.17. The quantitative estimate of drug-likeness (QED) is 0.795. The Kier molecular flexibility index (Phi) is 3.78. The van der Waals surface area contributed by atoms with Crippen LogP contribution in [0.5, 0.6) is 5.75 Å². The summed E-state index contributed by atoms with van der Waals surface area (Å²) in [4.78, 5) is 12.7. The van der Waals surface area contributed by atoms with E-state index in [1.807, 2.05) is 43.3 Å². The van der Waals surface area contributed by atoms with Crippen LogP contribution >= 0.6 is 0 Å². The van der Waals surface area contributed by atoms with E-state index in [0.717, 1.165) is 10.8 Å². The summed E-state index contributed by atoms with van der Waals surface area (Å²) >= 11 is 0. The number of benzene rings is 2. The molecule has 3 rings (SSSR count). The number of rotatable bonds is 4. The van der Waals surface area contributed by atoms with E-state index in [2.05, 4.69) is 10.5 Å². The molecule has 0 atom stereocenters. The summed E-state index contributed by atoms with van der Waals surface area (Å²) in [5.41, 5.74) is 0.501. The molecule has 3 aromatic rings. The number of aryl methyl sites for hydroxylation is 1. The zero-order chi connectivity index (χ0) is 15.5. The number of ether oxygens (including phenoxy) is 1. The zero-order valence-electron chi connectivity index (χ0n) is 12.4. The van der Waals surface area contributed by atoms with Crippen molar-refractivity contribution in [3.63, 3.8) is 0 Å². The van der Waals surface area contributed by atoms with Gasteiger partial charge in [0.2, 0.25) is 0 Å². The minimum Gasteiger partial charge on any atom is -0.493 e. The van der Waals surface area contributed by atoms with Gasteiger partial charge in [0, 0.05) is 6.07 Å². The minimum absolute atomic E-state index is 0.270. The predicted octanol–water partition coefficient (Wildman–Crippen LogP) is 3.79. The first-order valence-electron chi connectivity index (χ1n) is 7.08. The number of hydrogen-bond acceptors (Lipinski definition) is 4. The third-order valence-electron chi connectivity index (χ3n) is 3.29. The summed E-state index contributed by atoms with van der Waals surface area (Å²) in [5, 5.41) is 8.35. The van der Waals surface area contributed by atoms with Crippen LogP contribution in [-0.4, -0.2) is 17.7 Å². The van der Waals surface area contributed by atoms with E-state index in [-0.39, 0.29) is 5.91 Å². The number of nitrogens with one attached hydrogen (secondary N) is 1. The molecule has 0 aliphatic rings. The molecule has 1 N–H and O–H groups in total. The maximum absolute atomic E-state index is 12.7. The smallest absolute Gasteiger partial charge is 0.261 e. The number of hydrogen-bond donors (Lipinski definition) is 1. The van der Waals surface area contributed by atoms with Crippen LogP contribution in [0.1, 0.15) is 23.0 Å². The summed E-state index contributed by atoms with van der Waals surface area (Å²) < 4.78 is 10.6. The Morgan fingerprint density at radius 2 is 2.09 bits per heavy atom. The largest absolute Gasteiger partial charge is 0.493 e. The molecule has 5 nitrogen and oxygen atoms in total. The van der Waals surface area contributed by atoms with Crippen LogP contribution in [0.15, 0.2) is 47.0 Å². The maximum Gasteiger partial charge on any atom is 0.261 e. The van der Waals surface area contributed by atoms with Crippen molar-refractivity contribution in [3.05, 3.63) is 53.8 Å². The maximum atomic E-state index is 12.7. The van der Waals surface area contributed by atoms with E-state index < -0.39 is 0 Å². The van der Waals surface area contributed by atoms with Crippen molar-refractivity contribution in [1.82, 2.24) is 5.16 Å². The minimum atomic E-state index is -0.270. The van der Waals surface area contributed by atoms with Gasteiger partial charge in [-0.1, -0.05) is 35.5 Å². The molecule has 0 saturated carbocycles. The fourth-order valence-electron chi connectivity index (χ4n) is 2.37. The van der Waals surface area contributed by atoms with Crippen LogP contribution < -0.4 is 10.1 Å². The SMILES string of the molecule is CCOc1ccc2ccccc2c1C(=O)Nc1cc(C)on1. The second kappa shape index (κ2) is 5.89. The van der Waals surface area contributed by atoms with Gasteiger partial charge in [0.15, 0.2) is 5.82 Å². The zero-order valence-corrected chi connectivity index (χ0v) is 12.4. The average molecular weight is 296 g/mol. The van der Waals surface area contributed by atoms with Crippen LogP contribution in [-0.2, 0) is 0 Å². The van der Waals surface area contributed by atoms with E-state index >= 15 is 0 Å². The third kappa shape index (κ3) is 2.65. The average Bonchev–Trinajstić information content (AvgIpc) is 2.92. The first-order valence-corrected chi connectivity index (χ1v) is 7.08. The van der Waals surface area contributed by atoms with Gasteiger partial charge in [0.25, 0.3) is 5.91 Å². The molecule has 112 valence electrons.